The monoisotopic (exact) mass is 948 g/mol. The first kappa shape index (κ1) is 51.5. The summed E-state index contributed by atoms with van der Waals surface area (Å²) in [6.45, 7) is 20.4. The second kappa shape index (κ2) is 21.6. The zero-order valence-corrected chi connectivity index (χ0v) is 41.9. The molecule has 0 bridgehead atoms. The number of benzene rings is 2. The lowest BCUT2D eigenvalue weighted by atomic mass is 9.49. The molecule has 3 heterocycles. The molecule has 2 aromatic carbocycles. The number of carbonyl (C=O) groups excluding carboxylic acids is 4. The third-order valence-corrected chi connectivity index (χ3v) is 14.3. The van der Waals surface area contributed by atoms with Crippen LogP contribution in [0.25, 0.3) is 10.4 Å². The molecule has 0 unspecified atom stereocenters. The number of nitrogens with one attached hydrogen (secondary N) is 4. The van der Waals surface area contributed by atoms with Gasteiger partial charge in [-0.3, -0.25) is 19.2 Å². The molecule has 2 fully saturated rings. The number of anilines is 1. The standard InChI is InChI=1S/C52H68N8O7S/c1-31-24-42(55-27-37(31)26-53)67-49-51(7,8)48(52(49,9)10)59-45(63)36-18-20-38(21-19-36)54-22-12-11-13-23-66-29-41(62)58-44(50(4,5)6)47(65)60-28-39(61)25-40(60)46(64)57-32(2)34-14-16-35(17-15-34)43-33(3)56-30-68-43/h14-21,24,27,30,32,39-40,44,48-49,54,61H,11-13,22-23,25,28-29H2,1-10H3,(H,57,64)(H,58,62)(H,59,63)/t32-,39+,40-,44+,48-,49-/m0/s1. The molecule has 4 aromatic rings. The summed E-state index contributed by atoms with van der Waals surface area (Å²) < 4.78 is 12.0. The molecule has 5 N–H and O–H groups in total. The molecule has 2 aromatic heterocycles. The number of likely N-dealkylation sites (tertiary alicyclic amines) is 1. The SMILES string of the molecule is Cc1cc(O[C@H]2C(C)(C)[C@H](NC(=O)c3ccc(NCCCCCOCC(=O)N[C@H](C(=O)N4C[C@H](O)C[C@H]4C(=O)N[C@@H](C)c4ccc(-c5scnc5C)cc4)C(C)(C)C)cc3)C2(C)C)ncc1C#N. The summed E-state index contributed by atoms with van der Waals surface area (Å²) >= 11 is 1.57. The lowest BCUT2D eigenvalue weighted by molar-refractivity contribution is -0.165. The molecule has 4 amide bonds. The largest absolute Gasteiger partial charge is 0.473 e. The smallest absolute Gasteiger partial charge is 0.251 e. The van der Waals surface area contributed by atoms with Crippen LogP contribution in [0, 0.1) is 41.4 Å². The highest BCUT2D eigenvalue weighted by Gasteiger charge is 2.64. The van der Waals surface area contributed by atoms with Crippen molar-refractivity contribution in [2.75, 3.05) is 31.6 Å². The van der Waals surface area contributed by atoms with Gasteiger partial charge in [0.25, 0.3) is 5.91 Å². The normalized spacial score (nSPS) is 20.3. The van der Waals surface area contributed by atoms with E-state index in [2.05, 4.69) is 65.0 Å². The second-order valence-corrected chi connectivity index (χ2v) is 21.4. The van der Waals surface area contributed by atoms with Crippen LogP contribution in [0.1, 0.15) is 120 Å². The number of nitrogens with zero attached hydrogens (tertiary/aromatic N) is 4. The van der Waals surface area contributed by atoms with Crippen LogP contribution in [0.5, 0.6) is 5.88 Å². The average Bonchev–Trinajstić information content (AvgIpc) is 3.91. The zero-order valence-electron chi connectivity index (χ0n) is 41.1. The van der Waals surface area contributed by atoms with E-state index in [1.807, 2.05) is 95.6 Å². The Morgan fingerprint density at radius 3 is 2.28 bits per heavy atom. The fourth-order valence-electron chi connectivity index (χ4n) is 9.71. The summed E-state index contributed by atoms with van der Waals surface area (Å²) in [5, 5.41) is 32.4. The molecule has 0 spiro atoms. The maximum atomic E-state index is 14.1. The van der Waals surface area contributed by atoms with Crippen LogP contribution in [0.4, 0.5) is 5.69 Å². The van der Waals surface area contributed by atoms with E-state index in [0.717, 1.165) is 52.2 Å². The Morgan fingerprint density at radius 2 is 1.66 bits per heavy atom. The number of ether oxygens (including phenoxy) is 2. The molecule has 364 valence electrons. The van der Waals surface area contributed by atoms with Gasteiger partial charge in [-0.2, -0.15) is 5.26 Å². The summed E-state index contributed by atoms with van der Waals surface area (Å²) in [6, 6.07) is 16.9. The molecule has 68 heavy (non-hydrogen) atoms. The lowest BCUT2D eigenvalue weighted by Crippen LogP contribution is -2.74. The number of aromatic nitrogens is 2. The van der Waals surface area contributed by atoms with Gasteiger partial charge >= 0.3 is 0 Å². The summed E-state index contributed by atoms with van der Waals surface area (Å²) in [7, 11) is 0. The number of hydrogen-bond acceptors (Lipinski definition) is 12. The van der Waals surface area contributed by atoms with Gasteiger partial charge in [-0.05, 0) is 86.4 Å². The van der Waals surface area contributed by atoms with Crippen molar-refractivity contribution in [1.82, 2.24) is 30.8 Å². The first-order valence-electron chi connectivity index (χ1n) is 23.5. The van der Waals surface area contributed by atoms with Crippen molar-refractivity contribution in [3.05, 3.63) is 94.3 Å². The van der Waals surface area contributed by atoms with Crippen molar-refractivity contribution < 1.29 is 33.8 Å². The highest BCUT2D eigenvalue weighted by atomic mass is 32.1. The van der Waals surface area contributed by atoms with Gasteiger partial charge in [0.05, 0.1) is 33.8 Å². The molecule has 16 heteroatoms. The van der Waals surface area contributed by atoms with Crippen LogP contribution in [-0.2, 0) is 19.1 Å². The number of unbranched alkanes of at least 4 members (excludes halogenated alkanes) is 2. The van der Waals surface area contributed by atoms with E-state index in [0.29, 0.717) is 30.2 Å². The van der Waals surface area contributed by atoms with Crippen molar-refractivity contribution in [2.45, 2.75) is 131 Å². The number of aliphatic hydroxyl groups is 1. The number of rotatable bonds is 19. The van der Waals surface area contributed by atoms with Gasteiger partial charge in [-0.15, -0.1) is 11.3 Å². The van der Waals surface area contributed by atoms with E-state index in [4.69, 9.17) is 9.47 Å². The predicted octanol–water partition coefficient (Wildman–Crippen LogP) is 7.27. The fraction of sp³-hybridized carbons (Fsp3) is 0.519. The number of aliphatic hydroxyl groups excluding tert-OH is 1. The first-order valence-corrected chi connectivity index (χ1v) is 24.3. The zero-order chi connectivity index (χ0) is 49.6. The van der Waals surface area contributed by atoms with E-state index in [1.165, 1.54) is 11.1 Å². The van der Waals surface area contributed by atoms with Crippen molar-refractivity contribution in [1.29, 1.82) is 5.26 Å². The average molecular weight is 949 g/mol. The van der Waals surface area contributed by atoms with Gasteiger partial charge in [-0.25, -0.2) is 9.97 Å². The molecule has 1 saturated carbocycles. The number of aryl methyl sites for hydroxylation is 2. The molecule has 1 aliphatic heterocycles. The van der Waals surface area contributed by atoms with Crippen LogP contribution in [0.15, 0.2) is 66.3 Å². The van der Waals surface area contributed by atoms with Crippen LogP contribution in [0.3, 0.4) is 0 Å². The summed E-state index contributed by atoms with van der Waals surface area (Å²) in [5.41, 5.74) is 6.06. The third-order valence-electron chi connectivity index (χ3n) is 13.3. The lowest BCUT2D eigenvalue weighted by Gasteiger charge is -2.62. The van der Waals surface area contributed by atoms with E-state index < -0.39 is 35.4 Å². The number of amides is 4. The van der Waals surface area contributed by atoms with Gasteiger partial charge in [0.15, 0.2) is 0 Å². The van der Waals surface area contributed by atoms with Crippen molar-refractivity contribution in [2.24, 2.45) is 16.2 Å². The Morgan fingerprint density at radius 1 is 0.971 bits per heavy atom. The number of pyridine rings is 1. The minimum absolute atomic E-state index is 0.0123. The fourth-order valence-corrected chi connectivity index (χ4v) is 10.5. The predicted molar refractivity (Wildman–Crippen MR) is 263 cm³/mol. The Kier molecular flexibility index (Phi) is 16.4. The van der Waals surface area contributed by atoms with Gasteiger partial charge < -0.3 is 40.7 Å². The number of thiazole rings is 1. The van der Waals surface area contributed by atoms with E-state index in [9.17, 15) is 29.5 Å². The van der Waals surface area contributed by atoms with Crippen LogP contribution >= 0.6 is 11.3 Å². The highest BCUT2D eigenvalue weighted by molar-refractivity contribution is 7.13. The quantitative estimate of drug-likeness (QED) is 0.0591. The van der Waals surface area contributed by atoms with E-state index >= 15 is 0 Å². The van der Waals surface area contributed by atoms with Gasteiger partial charge in [0, 0.05) is 66.5 Å². The van der Waals surface area contributed by atoms with Crippen LogP contribution in [0.2, 0.25) is 0 Å². The topological polar surface area (TPSA) is 208 Å². The molecular weight excluding hydrogens is 881 g/mol. The third kappa shape index (κ3) is 12.0. The molecule has 0 radical (unpaired) electrons. The van der Waals surface area contributed by atoms with Crippen LogP contribution in [-0.4, -0.2) is 100 Å². The minimum Gasteiger partial charge on any atom is -0.473 e. The Hall–Kier alpha value is -5.89. The van der Waals surface area contributed by atoms with Crippen molar-refractivity contribution >= 4 is 40.7 Å². The summed E-state index contributed by atoms with van der Waals surface area (Å²) in [5.74, 6) is -0.928. The maximum Gasteiger partial charge on any atom is 0.251 e. The molecule has 6 rings (SSSR count). The van der Waals surface area contributed by atoms with Gasteiger partial charge in [0.1, 0.15) is 30.9 Å². The first-order chi connectivity index (χ1) is 32.1. The molecule has 15 nitrogen and oxygen atoms in total. The number of hydrogen-bond donors (Lipinski definition) is 5. The van der Waals surface area contributed by atoms with Crippen LogP contribution < -0.4 is 26.0 Å². The second-order valence-electron chi connectivity index (χ2n) is 20.5. The molecular formula is C52H68N8O7S. The minimum atomic E-state index is -0.951. The Balaban J connectivity index is 0.887. The van der Waals surface area contributed by atoms with Gasteiger partial charge in [-0.1, -0.05) is 72.7 Å². The summed E-state index contributed by atoms with van der Waals surface area (Å²) in [6.07, 6.45) is 2.99. The van der Waals surface area contributed by atoms with Gasteiger partial charge in [0.2, 0.25) is 23.6 Å². The van der Waals surface area contributed by atoms with Crippen molar-refractivity contribution in [3.8, 4) is 22.4 Å². The van der Waals surface area contributed by atoms with E-state index in [-0.39, 0.29) is 60.4 Å². The number of β-amino-alcohol motifs (C(OH)–C–C–N with tert-alkyl or cyclic N) is 1. The molecule has 4 atom stereocenters. The highest BCUT2D eigenvalue weighted by Crippen LogP contribution is 2.55. The number of nitriles is 1. The Bertz CT molecular complexity index is 2440. The maximum absolute atomic E-state index is 14.1. The Labute approximate surface area is 404 Å². The number of carbonyl (C=O) groups is 4. The molecule has 1 aliphatic carbocycles. The summed E-state index contributed by atoms with van der Waals surface area (Å²) in [4.78, 5) is 65.3. The van der Waals surface area contributed by atoms with E-state index in [1.54, 1.807) is 17.4 Å². The molecule has 2 aliphatic rings. The van der Waals surface area contributed by atoms with Crippen molar-refractivity contribution in [3.63, 3.8) is 0 Å². The molecule has 1 saturated heterocycles.